The predicted octanol–water partition coefficient (Wildman–Crippen LogP) is 0.878. The van der Waals surface area contributed by atoms with Crippen LogP contribution in [0.25, 0.3) is 0 Å². The molecule has 1 fully saturated rings. The molecule has 0 radical (unpaired) electrons. The van der Waals surface area contributed by atoms with Gasteiger partial charge in [-0.3, -0.25) is 0 Å². The zero-order valence-corrected chi connectivity index (χ0v) is 10.9. The minimum absolute atomic E-state index is 0.163. The summed E-state index contributed by atoms with van der Waals surface area (Å²) in [5.74, 6) is -0.649. The van der Waals surface area contributed by atoms with E-state index in [0.29, 0.717) is 19.7 Å². The molecule has 7 heteroatoms. The molecule has 2 rings (SSSR count). The van der Waals surface area contributed by atoms with Crippen LogP contribution in [0.15, 0.2) is 23.4 Å². The second kappa shape index (κ2) is 5.29. The van der Waals surface area contributed by atoms with E-state index in [0.717, 1.165) is 12.5 Å². The van der Waals surface area contributed by atoms with Gasteiger partial charge in [0, 0.05) is 26.4 Å². The summed E-state index contributed by atoms with van der Waals surface area (Å²) in [4.78, 5) is 3.63. The van der Waals surface area contributed by atoms with Crippen molar-refractivity contribution in [1.82, 2.24) is 9.29 Å². The van der Waals surface area contributed by atoms with Gasteiger partial charge in [-0.15, -0.1) is 0 Å². The molecule has 0 aliphatic carbocycles. The Morgan fingerprint density at radius 2 is 2.39 bits per heavy atom. The van der Waals surface area contributed by atoms with Crippen molar-refractivity contribution >= 4 is 10.0 Å². The van der Waals surface area contributed by atoms with Crippen molar-refractivity contribution in [2.75, 3.05) is 26.8 Å². The Kier molecular flexibility index (Phi) is 3.94. The standard InChI is InChI=1S/C11H15FN2O3S/c1-17-8-9-4-6-14(7-9)18(15,16)11-10(12)3-2-5-13-11/h2-3,5,9H,4,6-8H2,1H3. The van der Waals surface area contributed by atoms with Crippen molar-refractivity contribution in [3.05, 3.63) is 24.1 Å². The Balaban J connectivity index is 2.21. The van der Waals surface area contributed by atoms with Gasteiger partial charge in [0.15, 0.2) is 5.82 Å². The minimum Gasteiger partial charge on any atom is -0.384 e. The van der Waals surface area contributed by atoms with Crippen LogP contribution >= 0.6 is 0 Å². The van der Waals surface area contributed by atoms with E-state index in [1.165, 1.54) is 16.6 Å². The number of ether oxygens (including phenoxy) is 1. The predicted molar refractivity (Wildman–Crippen MR) is 62.9 cm³/mol. The number of methoxy groups -OCH3 is 1. The monoisotopic (exact) mass is 274 g/mol. The van der Waals surface area contributed by atoms with Gasteiger partial charge in [-0.25, -0.2) is 17.8 Å². The maximum Gasteiger partial charge on any atom is 0.263 e. The summed E-state index contributed by atoms with van der Waals surface area (Å²) >= 11 is 0. The molecule has 0 spiro atoms. The lowest BCUT2D eigenvalue weighted by atomic mass is 10.1. The number of pyridine rings is 1. The number of halogens is 1. The van der Waals surface area contributed by atoms with Crippen LogP contribution in [0, 0.1) is 11.7 Å². The third-order valence-electron chi connectivity index (χ3n) is 2.96. The maximum absolute atomic E-state index is 13.5. The first kappa shape index (κ1) is 13.4. The summed E-state index contributed by atoms with van der Waals surface area (Å²) in [6, 6.07) is 2.47. The van der Waals surface area contributed by atoms with Crippen LogP contribution in [0.2, 0.25) is 0 Å². The molecule has 0 amide bonds. The number of hydrogen-bond donors (Lipinski definition) is 0. The lowest BCUT2D eigenvalue weighted by molar-refractivity contribution is 0.157. The molecular weight excluding hydrogens is 259 g/mol. The van der Waals surface area contributed by atoms with Crippen molar-refractivity contribution < 1.29 is 17.5 Å². The van der Waals surface area contributed by atoms with Crippen molar-refractivity contribution in [2.45, 2.75) is 11.4 Å². The molecule has 0 bridgehead atoms. The summed E-state index contributed by atoms with van der Waals surface area (Å²) in [6.07, 6.45) is 2.00. The smallest absolute Gasteiger partial charge is 0.263 e. The summed E-state index contributed by atoms with van der Waals surface area (Å²) in [6.45, 7) is 1.25. The largest absolute Gasteiger partial charge is 0.384 e. The second-order valence-electron chi connectivity index (χ2n) is 4.26. The van der Waals surface area contributed by atoms with E-state index in [4.69, 9.17) is 4.74 Å². The molecule has 1 aliphatic rings. The first-order valence-electron chi connectivity index (χ1n) is 5.65. The van der Waals surface area contributed by atoms with Crippen LogP contribution in [0.5, 0.6) is 0 Å². The highest BCUT2D eigenvalue weighted by molar-refractivity contribution is 7.89. The van der Waals surface area contributed by atoms with Gasteiger partial charge in [0.2, 0.25) is 5.03 Å². The fraction of sp³-hybridized carbons (Fsp3) is 0.545. The fourth-order valence-electron chi connectivity index (χ4n) is 2.07. The van der Waals surface area contributed by atoms with Crippen LogP contribution in [0.3, 0.4) is 0 Å². The quantitative estimate of drug-likeness (QED) is 0.817. The SMILES string of the molecule is COCC1CCN(S(=O)(=O)c2ncccc2F)C1. The van der Waals surface area contributed by atoms with Crippen LogP contribution in [0.4, 0.5) is 4.39 Å². The van der Waals surface area contributed by atoms with Crippen LogP contribution in [-0.2, 0) is 14.8 Å². The average Bonchev–Trinajstić information content (AvgIpc) is 2.79. The van der Waals surface area contributed by atoms with Gasteiger partial charge >= 0.3 is 0 Å². The number of sulfonamides is 1. The Labute approximate surface area is 106 Å². The van der Waals surface area contributed by atoms with E-state index in [2.05, 4.69) is 4.98 Å². The molecule has 1 aromatic rings. The highest BCUT2D eigenvalue weighted by atomic mass is 32.2. The van der Waals surface area contributed by atoms with E-state index in [9.17, 15) is 12.8 Å². The Morgan fingerprint density at radius 1 is 1.61 bits per heavy atom. The number of rotatable bonds is 4. The first-order valence-corrected chi connectivity index (χ1v) is 7.09. The summed E-state index contributed by atoms with van der Waals surface area (Å²) in [5.41, 5.74) is 0. The third-order valence-corrected chi connectivity index (χ3v) is 4.76. The van der Waals surface area contributed by atoms with E-state index in [1.54, 1.807) is 7.11 Å². The molecule has 1 aromatic heterocycles. The second-order valence-corrected chi connectivity index (χ2v) is 6.12. The molecule has 1 aliphatic heterocycles. The lowest BCUT2D eigenvalue weighted by Gasteiger charge is -2.16. The Bertz CT molecular complexity index is 521. The van der Waals surface area contributed by atoms with Crippen LogP contribution in [0.1, 0.15) is 6.42 Å². The first-order chi connectivity index (χ1) is 8.55. The molecule has 0 saturated carbocycles. The van der Waals surface area contributed by atoms with Gasteiger partial charge in [-0.2, -0.15) is 4.31 Å². The van der Waals surface area contributed by atoms with Gasteiger partial charge in [0.1, 0.15) is 0 Å². The van der Waals surface area contributed by atoms with Crippen LogP contribution in [-0.4, -0.2) is 44.5 Å². The van der Waals surface area contributed by atoms with Crippen molar-refractivity contribution in [3.8, 4) is 0 Å². The summed E-state index contributed by atoms with van der Waals surface area (Å²) < 4.78 is 44.1. The van der Waals surface area contributed by atoms with Gasteiger partial charge in [-0.1, -0.05) is 0 Å². The third kappa shape index (κ3) is 2.52. The van der Waals surface area contributed by atoms with E-state index < -0.39 is 20.9 Å². The van der Waals surface area contributed by atoms with Crippen molar-refractivity contribution in [2.24, 2.45) is 5.92 Å². The number of hydrogen-bond acceptors (Lipinski definition) is 4. The summed E-state index contributed by atoms with van der Waals surface area (Å²) in [5, 5.41) is -0.497. The highest BCUT2D eigenvalue weighted by Crippen LogP contribution is 2.24. The van der Waals surface area contributed by atoms with Gasteiger partial charge in [-0.05, 0) is 24.5 Å². The van der Waals surface area contributed by atoms with E-state index in [-0.39, 0.29) is 5.92 Å². The molecule has 0 N–H and O–H groups in total. The van der Waals surface area contributed by atoms with E-state index >= 15 is 0 Å². The molecule has 2 heterocycles. The zero-order chi connectivity index (χ0) is 13.2. The molecule has 18 heavy (non-hydrogen) atoms. The van der Waals surface area contributed by atoms with Gasteiger partial charge in [0.05, 0.1) is 6.61 Å². The normalized spacial score (nSPS) is 21.3. The highest BCUT2D eigenvalue weighted by Gasteiger charge is 2.34. The Morgan fingerprint density at radius 3 is 3.06 bits per heavy atom. The topological polar surface area (TPSA) is 59.5 Å². The fourth-order valence-corrected chi connectivity index (χ4v) is 3.58. The van der Waals surface area contributed by atoms with Gasteiger partial charge < -0.3 is 4.74 Å². The van der Waals surface area contributed by atoms with E-state index in [1.807, 2.05) is 0 Å². The molecule has 100 valence electrons. The minimum atomic E-state index is -3.83. The lowest BCUT2D eigenvalue weighted by Crippen LogP contribution is -2.30. The molecule has 1 unspecified atom stereocenters. The Hall–Kier alpha value is -1.05. The molecular formula is C11H15FN2O3S. The van der Waals surface area contributed by atoms with Crippen LogP contribution < -0.4 is 0 Å². The molecule has 5 nitrogen and oxygen atoms in total. The summed E-state index contributed by atoms with van der Waals surface area (Å²) in [7, 11) is -2.25. The van der Waals surface area contributed by atoms with Crippen molar-refractivity contribution in [3.63, 3.8) is 0 Å². The molecule has 1 saturated heterocycles. The molecule has 1 atom stereocenters. The average molecular weight is 274 g/mol. The van der Waals surface area contributed by atoms with Gasteiger partial charge in [0.25, 0.3) is 10.0 Å². The zero-order valence-electron chi connectivity index (χ0n) is 10.0. The molecule has 0 aromatic carbocycles. The maximum atomic E-state index is 13.5. The number of nitrogens with zero attached hydrogens (tertiary/aromatic N) is 2. The number of aromatic nitrogens is 1. The van der Waals surface area contributed by atoms with Crippen molar-refractivity contribution in [1.29, 1.82) is 0 Å².